The van der Waals surface area contributed by atoms with Crippen molar-refractivity contribution in [3.05, 3.63) is 94.9 Å². The summed E-state index contributed by atoms with van der Waals surface area (Å²) in [5.74, 6) is 0.904. The molecule has 2 aromatic heterocycles. The van der Waals surface area contributed by atoms with E-state index in [1.807, 2.05) is 54.9 Å². The number of thiophene rings is 1. The van der Waals surface area contributed by atoms with Gasteiger partial charge in [-0.15, -0.1) is 11.3 Å². The smallest absolute Gasteiger partial charge is 0.241 e. The second-order valence-corrected chi connectivity index (χ2v) is 7.22. The molecule has 4 aromatic rings. The highest BCUT2D eigenvalue weighted by Crippen LogP contribution is 2.29. The van der Waals surface area contributed by atoms with Crippen LogP contribution < -0.4 is 0 Å². The van der Waals surface area contributed by atoms with Gasteiger partial charge in [-0.25, -0.2) is 4.39 Å². The quantitative estimate of drug-likeness (QED) is 0.464. The number of rotatable bonds is 6. The summed E-state index contributed by atoms with van der Waals surface area (Å²) in [6.07, 6.45) is 0. The number of hydrogen-bond donors (Lipinski definition) is 0. The fourth-order valence-electron chi connectivity index (χ4n) is 3.11. The van der Waals surface area contributed by atoms with Crippen LogP contribution in [0.15, 0.2) is 76.6 Å². The van der Waals surface area contributed by atoms with Gasteiger partial charge in [0.25, 0.3) is 0 Å². The molecule has 0 aliphatic heterocycles. The van der Waals surface area contributed by atoms with Crippen LogP contribution in [0, 0.1) is 5.82 Å². The normalized spacial score (nSPS) is 12.4. The molecule has 136 valence electrons. The molecule has 0 spiro atoms. The van der Waals surface area contributed by atoms with Crippen molar-refractivity contribution in [2.45, 2.75) is 12.6 Å². The molecule has 6 heteroatoms. The highest BCUT2D eigenvalue weighted by atomic mass is 32.1. The van der Waals surface area contributed by atoms with Gasteiger partial charge in [-0.2, -0.15) is 4.98 Å². The van der Waals surface area contributed by atoms with Crippen LogP contribution in [0.25, 0.3) is 10.7 Å². The van der Waals surface area contributed by atoms with Crippen LogP contribution in [0.3, 0.4) is 0 Å². The van der Waals surface area contributed by atoms with Gasteiger partial charge >= 0.3 is 0 Å². The predicted octanol–water partition coefficient (Wildman–Crippen LogP) is 5.16. The summed E-state index contributed by atoms with van der Waals surface area (Å²) < 4.78 is 18.8. The average Bonchev–Trinajstić information content (AvgIpc) is 3.36. The van der Waals surface area contributed by atoms with Crippen LogP contribution in [0.5, 0.6) is 0 Å². The van der Waals surface area contributed by atoms with E-state index < -0.39 is 0 Å². The van der Waals surface area contributed by atoms with Gasteiger partial charge in [0.15, 0.2) is 0 Å². The molecule has 2 aromatic carbocycles. The Morgan fingerprint density at radius 2 is 1.74 bits per heavy atom. The lowest BCUT2D eigenvalue weighted by atomic mass is 9.97. The van der Waals surface area contributed by atoms with E-state index in [0.29, 0.717) is 18.3 Å². The molecule has 27 heavy (non-hydrogen) atoms. The first kappa shape index (κ1) is 17.6. The predicted molar refractivity (Wildman–Crippen MR) is 104 cm³/mol. The molecule has 0 unspecified atom stereocenters. The number of aromatic nitrogens is 2. The maximum Gasteiger partial charge on any atom is 0.241 e. The van der Waals surface area contributed by atoms with E-state index in [2.05, 4.69) is 27.2 Å². The number of benzene rings is 2. The molecule has 4 nitrogen and oxygen atoms in total. The van der Waals surface area contributed by atoms with Crippen LogP contribution in [-0.4, -0.2) is 22.1 Å². The van der Waals surface area contributed by atoms with Gasteiger partial charge in [0, 0.05) is 0 Å². The standard InChI is InChI=1S/C21H18FN3OS/c1-25(14-19-23-21(24-26-19)18-8-5-13-27-18)20(15-6-3-2-4-7-15)16-9-11-17(22)12-10-16/h2-13,20H,14H2,1H3/t20-/m0/s1. The summed E-state index contributed by atoms with van der Waals surface area (Å²) in [6.45, 7) is 0.481. The van der Waals surface area contributed by atoms with E-state index in [-0.39, 0.29) is 11.9 Å². The van der Waals surface area contributed by atoms with Gasteiger partial charge in [0.2, 0.25) is 11.7 Å². The second kappa shape index (κ2) is 7.82. The van der Waals surface area contributed by atoms with Crippen molar-refractivity contribution in [2.24, 2.45) is 0 Å². The zero-order valence-electron chi connectivity index (χ0n) is 14.7. The zero-order valence-corrected chi connectivity index (χ0v) is 15.6. The van der Waals surface area contributed by atoms with Crippen molar-refractivity contribution < 1.29 is 8.91 Å². The molecule has 0 fully saturated rings. The van der Waals surface area contributed by atoms with E-state index in [0.717, 1.165) is 16.0 Å². The number of nitrogens with zero attached hydrogens (tertiary/aromatic N) is 3. The Morgan fingerprint density at radius 3 is 2.44 bits per heavy atom. The molecule has 1 atom stereocenters. The van der Waals surface area contributed by atoms with Crippen LogP contribution >= 0.6 is 11.3 Å². The molecule has 0 radical (unpaired) electrons. The number of halogens is 1. The zero-order chi connectivity index (χ0) is 18.6. The van der Waals surface area contributed by atoms with Crippen LogP contribution in [0.4, 0.5) is 4.39 Å². The summed E-state index contributed by atoms with van der Waals surface area (Å²) in [6, 6.07) is 20.6. The van der Waals surface area contributed by atoms with Gasteiger partial charge in [-0.05, 0) is 41.8 Å². The molecule has 0 bridgehead atoms. The third-order valence-electron chi connectivity index (χ3n) is 4.34. The summed E-state index contributed by atoms with van der Waals surface area (Å²) in [5.41, 5.74) is 2.12. The molecule has 4 rings (SSSR count). The van der Waals surface area contributed by atoms with Crippen molar-refractivity contribution in [1.29, 1.82) is 0 Å². The minimum Gasteiger partial charge on any atom is -0.338 e. The molecule has 0 amide bonds. The summed E-state index contributed by atoms with van der Waals surface area (Å²) in [5, 5.41) is 6.06. The monoisotopic (exact) mass is 379 g/mol. The van der Waals surface area contributed by atoms with Gasteiger partial charge < -0.3 is 4.52 Å². The Labute approximate surface area is 160 Å². The summed E-state index contributed by atoms with van der Waals surface area (Å²) in [7, 11) is 2.00. The highest BCUT2D eigenvalue weighted by molar-refractivity contribution is 7.13. The molecular formula is C21H18FN3OS. The first-order valence-electron chi connectivity index (χ1n) is 8.58. The van der Waals surface area contributed by atoms with Crippen LogP contribution in [0.2, 0.25) is 0 Å². The lowest BCUT2D eigenvalue weighted by Crippen LogP contribution is -2.25. The first-order valence-corrected chi connectivity index (χ1v) is 9.46. The Hall–Kier alpha value is -2.83. The summed E-state index contributed by atoms with van der Waals surface area (Å²) in [4.78, 5) is 7.60. The van der Waals surface area contributed by atoms with Gasteiger partial charge in [0.05, 0.1) is 17.5 Å². The van der Waals surface area contributed by atoms with Gasteiger partial charge in [-0.1, -0.05) is 53.7 Å². The fraction of sp³-hybridized carbons (Fsp3) is 0.143. The van der Waals surface area contributed by atoms with E-state index in [4.69, 9.17) is 4.52 Å². The lowest BCUT2D eigenvalue weighted by Gasteiger charge is -2.27. The minimum absolute atomic E-state index is 0.0520. The maximum atomic E-state index is 13.4. The van der Waals surface area contributed by atoms with E-state index in [9.17, 15) is 4.39 Å². The van der Waals surface area contributed by atoms with Crippen molar-refractivity contribution in [3.63, 3.8) is 0 Å². The third-order valence-corrected chi connectivity index (χ3v) is 5.20. The van der Waals surface area contributed by atoms with Crippen molar-refractivity contribution in [2.75, 3.05) is 7.05 Å². The average molecular weight is 379 g/mol. The van der Waals surface area contributed by atoms with Crippen molar-refractivity contribution in [3.8, 4) is 10.7 Å². The Bertz CT molecular complexity index is 984. The Kier molecular flexibility index (Phi) is 5.09. The van der Waals surface area contributed by atoms with E-state index in [1.54, 1.807) is 11.3 Å². The molecule has 0 saturated carbocycles. The first-order chi connectivity index (χ1) is 13.2. The molecule has 0 saturated heterocycles. The topological polar surface area (TPSA) is 42.2 Å². The number of hydrogen-bond acceptors (Lipinski definition) is 5. The van der Waals surface area contributed by atoms with Crippen molar-refractivity contribution in [1.82, 2.24) is 15.0 Å². The van der Waals surface area contributed by atoms with Crippen LogP contribution in [0.1, 0.15) is 23.1 Å². The molecule has 0 N–H and O–H groups in total. The molecule has 0 aliphatic rings. The Morgan fingerprint density at radius 1 is 1.00 bits per heavy atom. The van der Waals surface area contributed by atoms with E-state index in [1.165, 1.54) is 12.1 Å². The van der Waals surface area contributed by atoms with E-state index >= 15 is 0 Å². The molecule has 2 heterocycles. The highest BCUT2D eigenvalue weighted by Gasteiger charge is 2.22. The van der Waals surface area contributed by atoms with Crippen LogP contribution in [-0.2, 0) is 6.54 Å². The molecule has 0 aliphatic carbocycles. The van der Waals surface area contributed by atoms with Crippen molar-refractivity contribution >= 4 is 11.3 Å². The largest absolute Gasteiger partial charge is 0.338 e. The Balaban J connectivity index is 1.61. The fourth-order valence-corrected chi connectivity index (χ4v) is 3.76. The summed E-state index contributed by atoms with van der Waals surface area (Å²) >= 11 is 1.58. The second-order valence-electron chi connectivity index (χ2n) is 6.27. The lowest BCUT2D eigenvalue weighted by molar-refractivity contribution is 0.229. The minimum atomic E-state index is -0.245. The van der Waals surface area contributed by atoms with Gasteiger partial charge in [-0.3, -0.25) is 4.90 Å². The SMILES string of the molecule is CN(Cc1nc(-c2cccs2)no1)[C@@H](c1ccccc1)c1ccc(F)cc1. The molecular weight excluding hydrogens is 361 g/mol. The van der Waals surface area contributed by atoms with Gasteiger partial charge in [0.1, 0.15) is 5.82 Å². The maximum absolute atomic E-state index is 13.4. The third kappa shape index (κ3) is 3.97.